The number of hydrogen-bond donors (Lipinski definition) is 3. The third-order valence-electron chi connectivity index (χ3n) is 2.70. The van der Waals surface area contributed by atoms with E-state index in [-0.39, 0.29) is 21.5 Å². The second kappa shape index (κ2) is 6.06. The lowest BCUT2D eigenvalue weighted by molar-refractivity contribution is 0.0697. The molecule has 2 amide bonds. The van der Waals surface area contributed by atoms with Gasteiger partial charge in [-0.2, -0.15) is 0 Å². The fraction of sp³-hybridized carbons (Fsp3) is 0.167. The van der Waals surface area contributed by atoms with Crippen LogP contribution in [0.4, 0.5) is 15.6 Å². The van der Waals surface area contributed by atoms with Gasteiger partial charge in [-0.1, -0.05) is 11.6 Å². The molecule has 2 aromatic heterocycles. The Kier molecular flexibility index (Phi) is 4.39. The highest BCUT2D eigenvalue weighted by Gasteiger charge is 2.20. The van der Waals surface area contributed by atoms with Gasteiger partial charge in [-0.25, -0.2) is 9.59 Å². The molecule has 9 heteroatoms. The maximum absolute atomic E-state index is 11.9. The lowest BCUT2D eigenvalue weighted by atomic mass is 10.1. The Morgan fingerprint density at radius 3 is 2.52 bits per heavy atom. The van der Waals surface area contributed by atoms with Gasteiger partial charge < -0.3 is 5.11 Å². The van der Waals surface area contributed by atoms with E-state index in [1.165, 1.54) is 23.5 Å². The molecule has 7 nitrogen and oxygen atoms in total. The van der Waals surface area contributed by atoms with Crippen LogP contribution in [0.5, 0.6) is 0 Å². The number of nitrogens with one attached hydrogen (secondary N) is 2. The summed E-state index contributed by atoms with van der Waals surface area (Å²) < 4.78 is 0. The van der Waals surface area contributed by atoms with Crippen molar-refractivity contribution < 1.29 is 14.7 Å². The van der Waals surface area contributed by atoms with Crippen molar-refractivity contribution in [1.29, 1.82) is 0 Å². The number of carbonyl (C=O) groups excluding carboxylic acids is 1. The molecule has 110 valence electrons. The van der Waals surface area contributed by atoms with Crippen LogP contribution >= 0.6 is 22.9 Å². The SMILES string of the molecule is Cc1sc(NC(=O)Nc2ccc(Cl)nn2)c(C(=O)O)c1C. The second-order valence-electron chi connectivity index (χ2n) is 4.11. The minimum absolute atomic E-state index is 0.0924. The Bertz CT molecular complexity index is 699. The van der Waals surface area contributed by atoms with E-state index in [4.69, 9.17) is 11.6 Å². The number of thiophene rings is 1. The summed E-state index contributed by atoms with van der Waals surface area (Å²) in [7, 11) is 0. The summed E-state index contributed by atoms with van der Waals surface area (Å²) in [5, 5.41) is 21.9. The number of aromatic carboxylic acids is 1. The molecule has 0 spiro atoms. The Morgan fingerprint density at radius 2 is 1.95 bits per heavy atom. The zero-order chi connectivity index (χ0) is 15.6. The molecule has 0 aliphatic carbocycles. The minimum Gasteiger partial charge on any atom is -0.478 e. The Balaban J connectivity index is 2.15. The first-order chi connectivity index (χ1) is 9.88. The van der Waals surface area contributed by atoms with Gasteiger partial charge in [0.05, 0.1) is 5.56 Å². The van der Waals surface area contributed by atoms with Crippen LogP contribution in [0.25, 0.3) is 0 Å². The molecule has 0 aliphatic heterocycles. The molecule has 0 fully saturated rings. The Labute approximate surface area is 129 Å². The highest BCUT2D eigenvalue weighted by Crippen LogP contribution is 2.32. The summed E-state index contributed by atoms with van der Waals surface area (Å²) in [5.41, 5.74) is 0.726. The Morgan fingerprint density at radius 1 is 1.24 bits per heavy atom. The van der Waals surface area contributed by atoms with Crippen molar-refractivity contribution in [3.05, 3.63) is 33.3 Å². The third-order valence-corrected chi connectivity index (χ3v) is 4.02. The van der Waals surface area contributed by atoms with E-state index in [2.05, 4.69) is 20.8 Å². The zero-order valence-corrected chi connectivity index (χ0v) is 12.7. The van der Waals surface area contributed by atoms with Gasteiger partial charge in [0.15, 0.2) is 11.0 Å². The third kappa shape index (κ3) is 3.47. The largest absolute Gasteiger partial charge is 0.478 e. The molecule has 0 unspecified atom stereocenters. The van der Waals surface area contributed by atoms with Crippen LogP contribution in [0, 0.1) is 13.8 Å². The monoisotopic (exact) mass is 326 g/mol. The molecule has 0 atom stereocenters. The number of urea groups is 1. The van der Waals surface area contributed by atoms with Crippen molar-refractivity contribution in [1.82, 2.24) is 10.2 Å². The van der Waals surface area contributed by atoms with Crippen molar-refractivity contribution in [2.45, 2.75) is 13.8 Å². The number of aryl methyl sites for hydroxylation is 1. The summed E-state index contributed by atoms with van der Waals surface area (Å²) >= 11 is 6.79. The Hall–Kier alpha value is -2.19. The first-order valence-electron chi connectivity index (χ1n) is 5.79. The van der Waals surface area contributed by atoms with Crippen molar-refractivity contribution in [3.8, 4) is 0 Å². The van der Waals surface area contributed by atoms with Gasteiger partial charge in [-0.15, -0.1) is 21.5 Å². The standard InChI is InChI=1S/C12H11ClN4O3S/c1-5-6(2)21-10(9(5)11(18)19)15-12(20)14-8-4-3-7(13)16-17-8/h3-4H,1-2H3,(H,18,19)(H2,14,15,17,20). The van der Waals surface area contributed by atoms with Crippen LogP contribution in [0.3, 0.4) is 0 Å². The predicted octanol–water partition coefficient (Wildman–Crippen LogP) is 3.15. The molecular formula is C12H11ClN4O3S. The van der Waals surface area contributed by atoms with E-state index in [9.17, 15) is 14.7 Å². The lowest BCUT2D eigenvalue weighted by Gasteiger charge is -2.06. The number of hydrogen-bond acceptors (Lipinski definition) is 5. The van der Waals surface area contributed by atoms with Crippen LogP contribution in [0.2, 0.25) is 5.15 Å². The van der Waals surface area contributed by atoms with E-state index in [0.29, 0.717) is 5.56 Å². The van der Waals surface area contributed by atoms with Crippen molar-refractivity contribution in [2.24, 2.45) is 0 Å². The van der Waals surface area contributed by atoms with Gasteiger partial charge in [0.25, 0.3) is 0 Å². The number of nitrogens with zero attached hydrogens (tertiary/aromatic N) is 2. The minimum atomic E-state index is -1.08. The fourth-order valence-corrected chi connectivity index (χ4v) is 2.75. The smallest absolute Gasteiger partial charge is 0.338 e. The molecule has 0 aromatic carbocycles. The van der Waals surface area contributed by atoms with Crippen LogP contribution < -0.4 is 10.6 Å². The van der Waals surface area contributed by atoms with E-state index in [1.807, 2.05) is 0 Å². The molecule has 0 saturated carbocycles. The maximum atomic E-state index is 11.9. The van der Waals surface area contributed by atoms with Crippen LogP contribution in [0.1, 0.15) is 20.8 Å². The molecular weight excluding hydrogens is 316 g/mol. The lowest BCUT2D eigenvalue weighted by Crippen LogP contribution is -2.21. The van der Waals surface area contributed by atoms with Gasteiger partial charge >= 0.3 is 12.0 Å². The summed E-state index contributed by atoms with van der Waals surface area (Å²) in [6.07, 6.45) is 0. The molecule has 3 N–H and O–H groups in total. The quantitative estimate of drug-likeness (QED) is 0.803. The molecule has 2 rings (SSSR count). The predicted molar refractivity (Wildman–Crippen MR) is 80.4 cm³/mol. The summed E-state index contributed by atoms with van der Waals surface area (Å²) in [5.74, 6) is -0.878. The number of halogens is 1. The highest BCUT2D eigenvalue weighted by molar-refractivity contribution is 7.16. The number of rotatable bonds is 3. The summed E-state index contributed by atoms with van der Waals surface area (Å²) in [4.78, 5) is 23.9. The molecule has 0 bridgehead atoms. The van der Waals surface area contributed by atoms with Crippen molar-refractivity contribution in [2.75, 3.05) is 10.6 Å². The normalized spacial score (nSPS) is 10.2. The number of carboxylic acids is 1. The first kappa shape index (κ1) is 15.2. The average molecular weight is 327 g/mol. The van der Waals surface area contributed by atoms with E-state index in [1.54, 1.807) is 13.8 Å². The van der Waals surface area contributed by atoms with Crippen LogP contribution in [0.15, 0.2) is 12.1 Å². The van der Waals surface area contributed by atoms with Gasteiger partial charge in [0.2, 0.25) is 0 Å². The van der Waals surface area contributed by atoms with E-state index in [0.717, 1.165) is 4.88 Å². The fourth-order valence-electron chi connectivity index (χ4n) is 1.61. The molecule has 0 aliphatic rings. The van der Waals surface area contributed by atoms with E-state index >= 15 is 0 Å². The number of amides is 2. The zero-order valence-electron chi connectivity index (χ0n) is 11.1. The van der Waals surface area contributed by atoms with Crippen molar-refractivity contribution in [3.63, 3.8) is 0 Å². The first-order valence-corrected chi connectivity index (χ1v) is 6.98. The summed E-state index contributed by atoms with van der Waals surface area (Å²) in [6.45, 7) is 3.49. The molecule has 21 heavy (non-hydrogen) atoms. The van der Waals surface area contributed by atoms with Gasteiger partial charge in [-0.05, 0) is 31.5 Å². The van der Waals surface area contributed by atoms with Gasteiger partial charge in [0.1, 0.15) is 5.00 Å². The number of anilines is 2. The number of aromatic nitrogens is 2. The van der Waals surface area contributed by atoms with Crippen molar-refractivity contribution >= 4 is 45.8 Å². The number of carbonyl (C=O) groups is 2. The highest BCUT2D eigenvalue weighted by atomic mass is 35.5. The molecule has 0 radical (unpaired) electrons. The second-order valence-corrected chi connectivity index (χ2v) is 5.72. The maximum Gasteiger partial charge on any atom is 0.338 e. The van der Waals surface area contributed by atoms with E-state index < -0.39 is 12.0 Å². The molecule has 2 heterocycles. The van der Waals surface area contributed by atoms with Gasteiger partial charge in [0, 0.05) is 4.88 Å². The molecule has 0 saturated heterocycles. The average Bonchev–Trinajstić information content (AvgIpc) is 2.67. The molecule has 2 aromatic rings. The topological polar surface area (TPSA) is 104 Å². The number of carboxylic acid groups (broad SMARTS) is 1. The van der Waals surface area contributed by atoms with Gasteiger partial charge in [-0.3, -0.25) is 10.6 Å². The van der Waals surface area contributed by atoms with Crippen LogP contribution in [-0.2, 0) is 0 Å². The van der Waals surface area contributed by atoms with Crippen LogP contribution in [-0.4, -0.2) is 27.3 Å². The summed E-state index contributed by atoms with van der Waals surface area (Å²) in [6, 6.07) is 2.36.